The zero-order valence-electron chi connectivity index (χ0n) is 12.6. The van der Waals surface area contributed by atoms with Gasteiger partial charge in [-0.1, -0.05) is 24.6 Å². The van der Waals surface area contributed by atoms with E-state index in [-0.39, 0.29) is 0 Å². The van der Waals surface area contributed by atoms with Crippen LogP contribution in [0.3, 0.4) is 0 Å². The van der Waals surface area contributed by atoms with Gasteiger partial charge in [0.15, 0.2) is 0 Å². The molecule has 0 heterocycles. The fourth-order valence-corrected chi connectivity index (χ4v) is 2.61. The Bertz CT molecular complexity index is 382. The van der Waals surface area contributed by atoms with E-state index < -0.39 is 6.10 Å². The molecule has 1 atom stereocenters. The summed E-state index contributed by atoms with van der Waals surface area (Å²) in [6.07, 6.45) is 4.68. The molecule has 3 heteroatoms. The van der Waals surface area contributed by atoms with Gasteiger partial charge in [-0.25, -0.2) is 0 Å². The van der Waals surface area contributed by atoms with Crippen molar-refractivity contribution in [1.29, 1.82) is 0 Å². The number of benzene rings is 1. The minimum absolute atomic E-state index is 0.347. The molecule has 2 rings (SSSR count). The normalized spacial score (nSPS) is 24.4. The summed E-state index contributed by atoms with van der Waals surface area (Å²) >= 11 is 0. The Morgan fingerprint density at radius 1 is 1.20 bits per heavy atom. The quantitative estimate of drug-likeness (QED) is 0.837. The van der Waals surface area contributed by atoms with E-state index in [0.29, 0.717) is 19.3 Å². The van der Waals surface area contributed by atoms with Gasteiger partial charge in [0.05, 0.1) is 18.8 Å². The van der Waals surface area contributed by atoms with Crippen LogP contribution in [0.25, 0.3) is 0 Å². The van der Waals surface area contributed by atoms with E-state index >= 15 is 0 Å². The minimum atomic E-state index is -0.448. The molecule has 112 valence electrons. The van der Waals surface area contributed by atoms with E-state index in [1.165, 1.54) is 18.4 Å². The summed E-state index contributed by atoms with van der Waals surface area (Å²) in [6, 6.07) is 8.19. The lowest BCUT2D eigenvalue weighted by molar-refractivity contribution is -0.0245. The summed E-state index contributed by atoms with van der Waals surface area (Å²) in [5.41, 5.74) is 2.28. The van der Waals surface area contributed by atoms with Crippen molar-refractivity contribution in [3.63, 3.8) is 0 Å². The van der Waals surface area contributed by atoms with Crippen LogP contribution in [0.15, 0.2) is 24.3 Å². The van der Waals surface area contributed by atoms with Gasteiger partial charge in [0.1, 0.15) is 0 Å². The zero-order valence-corrected chi connectivity index (χ0v) is 12.6. The molecule has 1 fully saturated rings. The molecule has 1 saturated carbocycles. The highest BCUT2D eigenvalue weighted by Crippen LogP contribution is 2.25. The minimum Gasteiger partial charge on any atom is -0.389 e. The van der Waals surface area contributed by atoms with E-state index in [9.17, 15) is 5.11 Å². The predicted molar refractivity (Wildman–Crippen MR) is 83.0 cm³/mol. The van der Waals surface area contributed by atoms with E-state index in [4.69, 9.17) is 4.74 Å². The van der Waals surface area contributed by atoms with Crippen molar-refractivity contribution in [2.75, 3.05) is 18.5 Å². The van der Waals surface area contributed by atoms with Crippen molar-refractivity contribution < 1.29 is 9.84 Å². The molecule has 2 N–H and O–H groups in total. The Labute approximate surface area is 122 Å². The maximum absolute atomic E-state index is 9.96. The number of aliphatic hydroxyl groups excluding tert-OH is 1. The lowest BCUT2D eigenvalue weighted by Gasteiger charge is -2.27. The fraction of sp³-hybridized carbons (Fsp3) is 0.647. The standard InChI is InChI=1S/C17H27NO2/c1-13-3-7-15(8-4-13)18-11-16(19)12-20-17-9-5-14(2)6-10-17/h3-4,7-8,14,16-19H,5-6,9-12H2,1-2H3. The van der Waals surface area contributed by atoms with Crippen molar-refractivity contribution in [3.05, 3.63) is 29.8 Å². The van der Waals surface area contributed by atoms with Crippen molar-refractivity contribution in [2.45, 2.75) is 51.7 Å². The molecule has 1 aromatic rings. The molecular weight excluding hydrogens is 250 g/mol. The second kappa shape index (κ2) is 7.65. The Hall–Kier alpha value is -1.06. The van der Waals surface area contributed by atoms with Crippen LogP contribution in [0.4, 0.5) is 5.69 Å². The predicted octanol–water partition coefficient (Wildman–Crippen LogP) is 3.36. The summed E-state index contributed by atoms with van der Waals surface area (Å²) in [5.74, 6) is 0.836. The van der Waals surface area contributed by atoms with Gasteiger partial charge in [-0.3, -0.25) is 0 Å². The number of hydrogen-bond acceptors (Lipinski definition) is 3. The van der Waals surface area contributed by atoms with Crippen molar-refractivity contribution in [2.24, 2.45) is 5.92 Å². The fourth-order valence-electron chi connectivity index (χ4n) is 2.61. The van der Waals surface area contributed by atoms with Crippen LogP contribution >= 0.6 is 0 Å². The number of anilines is 1. The van der Waals surface area contributed by atoms with Gasteiger partial charge in [-0.05, 0) is 50.7 Å². The Balaban J connectivity index is 1.62. The van der Waals surface area contributed by atoms with Crippen LogP contribution in [0, 0.1) is 12.8 Å². The first kappa shape index (κ1) is 15.3. The number of ether oxygens (including phenoxy) is 1. The van der Waals surface area contributed by atoms with Crippen molar-refractivity contribution in [1.82, 2.24) is 0 Å². The molecule has 0 spiro atoms. The molecule has 0 bridgehead atoms. The van der Waals surface area contributed by atoms with Gasteiger partial charge in [0.2, 0.25) is 0 Å². The van der Waals surface area contributed by atoms with Gasteiger partial charge in [0.25, 0.3) is 0 Å². The van der Waals surface area contributed by atoms with E-state index in [2.05, 4.69) is 31.3 Å². The maximum atomic E-state index is 9.96. The van der Waals surface area contributed by atoms with Gasteiger partial charge in [-0.2, -0.15) is 0 Å². The van der Waals surface area contributed by atoms with Crippen LogP contribution in [0.2, 0.25) is 0 Å². The average Bonchev–Trinajstić information content (AvgIpc) is 2.46. The topological polar surface area (TPSA) is 41.5 Å². The monoisotopic (exact) mass is 277 g/mol. The molecule has 20 heavy (non-hydrogen) atoms. The average molecular weight is 277 g/mol. The highest BCUT2D eigenvalue weighted by atomic mass is 16.5. The zero-order chi connectivity index (χ0) is 14.4. The molecule has 1 aliphatic carbocycles. The molecule has 0 saturated heterocycles. The van der Waals surface area contributed by atoms with E-state index in [1.807, 2.05) is 12.1 Å². The SMILES string of the molecule is Cc1ccc(NCC(O)COC2CCC(C)CC2)cc1. The maximum Gasteiger partial charge on any atom is 0.0945 e. The second-order valence-corrected chi connectivity index (χ2v) is 6.12. The summed E-state index contributed by atoms with van der Waals surface area (Å²) < 4.78 is 5.81. The lowest BCUT2D eigenvalue weighted by Crippen LogP contribution is -2.29. The van der Waals surface area contributed by atoms with Gasteiger partial charge >= 0.3 is 0 Å². The third-order valence-corrected chi connectivity index (χ3v) is 4.08. The van der Waals surface area contributed by atoms with Gasteiger partial charge < -0.3 is 15.2 Å². The Kier molecular flexibility index (Phi) is 5.86. The molecule has 0 aliphatic heterocycles. The third-order valence-electron chi connectivity index (χ3n) is 4.08. The van der Waals surface area contributed by atoms with E-state index in [0.717, 1.165) is 24.4 Å². The first-order valence-electron chi connectivity index (χ1n) is 7.73. The number of aliphatic hydroxyl groups is 1. The van der Waals surface area contributed by atoms with E-state index in [1.54, 1.807) is 0 Å². The van der Waals surface area contributed by atoms with Crippen LogP contribution < -0.4 is 5.32 Å². The highest BCUT2D eigenvalue weighted by molar-refractivity contribution is 5.44. The highest BCUT2D eigenvalue weighted by Gasteiger charge is 2.19. The number of rotatable bonds is 6. The molecule has 1 unspecified atom stereocenters. The lowest BCUT2D eigenvalue weighted by atomic mass is 9.89. The molecular formula is C17H27NO2. The first-order valence-corrected chi connectivity index (χ1v) is 7.73. The molecule has 1 aromatic carbocycles. The van der Waals surface area contributed by atoms with Gasteiger partial charge in [0, 0.05) is 12.2 Å². The summed E-state index contributed by atoms with van der Waals surface area (Å²) in [4.78, 5) is 0. The number of aryl methyl sites for hydroxylation is 1. The van der Waals surface area contributed by atoms with Crippen LogP contribution in [0.1, 0.15) is 38.2 Å². The smallest absolute Gasteiger partial charge is 0.0945 e. The van der Waals surface area contributed by atoms with Crippen LogP contribution in [-0.4, -0.2) is 30.5 Å². The summed E-state index contributed by atoms with van der Waals surface area (Å²) in [7, 11) is 0. The van der Waals surface area contributed by atoms with Crippen LogP contribution in [-0.2, 0) is 4.74 Å². The third kappa shape index (κ3) is 5.14. The van der Waals surface area contributed by atoms with Gasteiger partial charge in [-0.15, -0.1) is 0 Å². The molecule has 3 nitrogen and oxygen atoms in total. The summed E-state index contributed by atoms with van der Waals surface area (Å²) in [5, 5.41) is 13.2. The largest absolute Gasteiger partial charge is 0.389 e. The summed E-state index contributed by atoms with van der Waals surface area (Å²) in [6.45, 7) is 5.33. The van der Waals surface area contributed by atoms with Crippen molar-refractivity contribution >= 4 is 5.69 Å². The molecule has 0 amide bonds. The van der Waals surface area contributed by atoms with Crippen LogP contribution in [0.5, 0.6) is 0 Å². The second-order valence-electron chi connectivity index (χ2n) is 6.12. The Morgan fingerprint density at radius 2 is 1.85 bits per heavy atom. The Morgan fingerprint density at radius 3 is 2.50 bits per heavy atom. The number of nitrogens with one attached hydrogen (secondary N) is 1. The number of hydrogen-bond donors (Lipinski definition) is 2. The molecule has 0 aromatic heterocycles. The molecule has 0 radical (unpaired) electrons. The molecule has 1 aliphatic rings. The first-order chi connectivity index (χ1) is 9.63. The van der Waals surface area contributed by atoms with Crippen molar-refractivity contribution in [3.8, 4) is 0 Å².